The van der Waals surface area contributed by atoms with Crippen molar-refractivity contribution in [2.24, 2.45) is 0 Å². The fourth-order valence-corrected chi connectivity index (χ4v) is 3.38. The van der Waals surface area contributed by atoms with E-state index in [2.05, 4.69) is 15.6 Å². The molecule has 1 aromatic heterocycles. The number of hydrogen-bond acceptors (Lipinski definition) is 6. The van der Waals surface area contributed by atoms with Gasteiger partial charge in [-0.3, -0.25) is 14.6 Å². The first-order chi connectivity index (χ1) is 14.0. The molecule has 8 heteroatoms. The number of pyridine rings is 1. The third-order valence-electron chi connectivity index (χ3n) is 4.88. The van der Waals surface area contributed by atoms with E-state index in [4.69, 9.17) is 14.2 Å². The molecule has 1 saturated carbocycles. The number of carbonyl (C=O) groups is 2. The van der Waals surface area contributed by atoms with Crippen LogP contribution >= 0.6 is 0 Å². The maximum atomic E-state index is 12.7. The summed E-state index contributed by atoms with van der Waals surface area (Å²) in [5.74, 6) is 0.657. The molecule has 2 amide bonds. The van der Waals surface area contributed by atoms with E-state index in [1.807, 2.05) is 0 Å². The van der Waals surface area contributed by atoms with Crippen molar-refractivity contribution in [1.82, 2.24) is 10.3 Å². The first kappa shape index (κ1) is 20.4. The zero-order chi connectivity index (χ0) is 20.8. The molecule has 0 unspecified atom stereocenters. The number of methoxy groups -OCH3 is 3. The van der Waals surface area contributed by atoms with Crippen molar-refractivity contribution in [3.05, 3.63) is 41.7 Å². The molecular weight excluding hydrogens is 374 g/mol. The Bertz CT molecular complexity index is 869. The van der Waals surface area contributed by atoms with E-state index >= 15 is 0 Å². The summed E-state index contributed by atoms with van der Waals surface area (Å²) in [6.45, 7) is 0. The number of aromatic nitrogens is 1. The number of carbonyl (C=O) groups excluding carboxylic acids is 2. The van der Waals surface area contributed by atoms with Crippen molar-refractivity contribution < 1.29 is 23.8 Å². The zero-order valence-electron chi connectivity index (χ0n) is 16.8. The lowest BCUT2D eigenvalue weighted by Gasteiger charge is -2.15. The van der Waals surface area contributed by atoms with Gasteiger partial charge in [0.15, 0.2) is 11.5 Å². The van der Waals surface area contributed by atoms with Crippen LogP contribution in [-0.2, 0) is 0 Å². The summed E-state index contributed by atoms with van der Waals surface area (Å²) in [4.78, 5) is 29.2. The van der Waals surface area contributed by atoms with Crippen LogP contribution in [0.4, 0.5) is 5.69 Å². The smallest absolute Gasteiger partial charge is 0.257 e. The van der Waals surface area contributed by atoms with Crippen LogP contribution in [-0.4, -0.2) is 44.2 Å². The van der Waals surface area contributed by atoms with Gasteiger partial charge in [-0.05, 0) is 18.9 Å². The van der Waals surface area contributed by atoms with Gasteiger partial charge in [-0.15, -0.1) is 0 Å². The van der Waals surface area contributed by atoms with Gasteiger partial charge >= 0.3 is 0 Å². The molecular formula is C21H25N3O5. The third-order valence-corrected chi connectivity index (χ3v) is 4.88. The summed E-state index contributed by atoms with van der Waals surface area (Å²) < 4.78 is 15.9. The molecule has 0 atom stereocenters. The van der Waals surface area contributed by atoms with E-state index in [-0.39, 0.29) is 17.5 Å². The van der Waals surface area contributed by atoms with E-state index in [0.29, 0.717) is 28.5 Å². The fraction of sp³-hybridized carbons (Fsp3) is 0.381. The highest BCUT2D eigenvalue weighted by Crippen LogP contribution is 2.40. The highest BCUT2D eigenvalue weighted by atomic mass is 16.5. The second-order valence-corrected chi connectivity index (χ2v) is 6.79. The van der Waals surface area contributed by atoms with Gasteiger partial charge in [0.25, 0.3) is 11.8 Å². The molecule has 29 heavy (non-hydrogen) atoms. The normalized spacial score (nSPS) is 13.6. The number of benzene rings is 1. The Hall–Kier alpha value is -3.29. The predicted octanol–water partition coefficient (Wildman–Crippen LogP) is 3.03. The molecule has 2 N–H and O–H groups in total. The SMILES string of the molecule is COc1cc(NC(=O)c2cncc(C(=O)NC3CCCC3)c2)cc(OC)c1OC. The van der Waals surface area contributed by atoms with Crippen LogP contribution < -0.4 is 24.8 Å². The molecule has 0 bridgehead atoms. The fourth-order valence-electron chi connectivity index (χ4n) is 3.38. The number of nitrogens with one attached hydrogen (secondary N) is 2. The van der Waals surface area contributed by atoms with Crippen LogP contribution in [0.25, 0.3) is 0 Å². The maximum Gasteiger partial charge on any atom is 0.257 e. The summed E-state index contributed by atoms with van der Waals surface area (Å²) >= 11 is 0. The van der Waals surface area contributed by atoms with Gasteiger partial charge in [0.2, 0.25) is 5.75 Å². The molecule has 8 nitrogen and oxygen atoms in total. The molecule has 0 aliphatic heterocycles. The Morgan fingerprint density at radius 3 is 2.03 bits per heavy atom. The van der Waals surface area contributed by atoms with Crippen LogP contribution in [0.2, 0.25) is 0 Å². The topological polar surface area (TPSA) is 98.8 Å². The number of hydrogen-bond donors (Lipinski definition) is 2. The van der Waals surface area contributed by atoms with Crippen molar-refractivity contribution in [1.29, 1.82) is 0 Å². The third kappa shape index (κ3) is 4.77. The minimum absolute atomic E-state index is 0.194. The molecule has 0 spiro atoms. The second-order valence-electron chi connectivity index (χ2n) is 6.79. The lowest BCUT2D eigenvalue weighted by atomic mass is 10.1. The quantitative estimate of drug-likeness (QED) is 0.743. The van der Waals surface area contributed by atoms with Gasteiger partial charge in [0, 0.05) is 36.3 Å². The Balaban J connectivity index is 1.76. The van der Waals surface area contributed by atoms with Gasteiger partial charge in [0.05, 0.1) is 32.5 Å². The highest BCUT2D eigenvalue weighted by molar-refractivity contribution is 6.06. The summed E-state index contributed by atoms with van der Waals surface area (Å²) in [6, 6.07) is 4.98. The molecule has 1 aliphatic rings. The first-order valence-corrected chi connectivity index (χ1v) is 9.43. The van der Waals surface area contributed by atoms with Gasteiger partial charge in [-0.25, -0.2) is 0 Å². The Kier molecular flexibility index (Phi) is 6.54. The first-order valence-electron chi connectivity index (χ1n) is 9.43. The van der Waals surface area contributed by atoms with E-state index < -0.39 is 5.91 Å². The molecule has 1 aromatic carbocycles. The van der Waals surface area contributed by atoms with Crippen LogP contribution in [0.3, 0.4) is 0 Å². The van der Waals surface area contributed by atoms with E-state index in [0.717, 1.165) is 25.7 Å². The van der Waals surface area contributed by atoms with Crippen LogP contribution in [0.5, 0.6) is 17.2 Å². The standard InChI is InChI=1S/C21H25N3O5/c1-27-17-9-16(10-18(28-2)19(17)29-3)24-21(26)14-8-13(11-22-12-14)20(25)23-15-6-4-5-7-15/h8-12,15H,4-7H2,1-3H3,(H,23,25)(H,24,26). The number of anilines is 1. The van der Waals surface area contributed by atoms with Crippen molar-refractivity contribution in [2.45, 2.75) is 31.7 Å². The minimum Gasteiger partial charge on any atom is -0.493 e. The molecule has 1 aliphatic carbocycles. The van der Waals surface area contributed by atoms with Gasteiger partial charge < -0.3 is 24.8 Å². The maximum absolute atomic E-state index is 12.7. The van der Waals surface area contributed by atoms with Crippen molar-refractivity contribution in [2.75, 3.05) is 26.6 Å². The number of nitrogens with zero attached hydrogens (tertiary/aromatic N) is 1. The van der Waals surface area contributed by atoms with Gasteiger partial charge in [0.1, 0.15) is 0 Å². The van der Waals surface area contributed by atoms with Crippen molar-refractivity contribution in [3.8, 4) is 17.2 Å². The van der Waals surface area contributed by atoms with Crippen molar-refractivity contribution in [3.63, 3.8) is 0 Å². The predicted molar refractivity (Wildman–Crippen MR) is 108 cm³/mol. The molecule has 154 valence electrons. The number of amides is 2. The largest absolute Gasteiger partial charge is 0.493 e. The summed E-state index contributed by atoms with van der Waals surface area (Å²) in [5, 5.41) is 5.77. The van der Waals surface area contributed by atoms with Crippen LogP contribution in [0.1, 0.15) is 46.4 Å². The monoisotopic (exact) mass is 399 g/mol. The molecule has 1 fully saturated rings. The average Bonchev–Trinajstić information content (AvgIpc) is 3.26. The lowest BCUT2D eigenvalue weighted by Crippen LogP contribution is -2.32. The molecule has 2 aromatic rings. The molecule has 0 saturated heterocycles. The second kappa shape index (κ2) is 9.27. The molecule has 0 radical (unpaired) electrons. The highest BCUT2D eigenvalue weighted by Gasteiger charge is 2.20. The van der Waals surface area contributed by atoms with Crippen LogP contribution in [0, 0.1) is 0 Å². The van der Waals surface area contributed by atoms with E-state index in [9.17, 15) is 9.59 Å². The lowest BCUT2D eigenvalue weighted by molar-refractivity contribution is 0.0937. The summed E-state index contributed by atoms with van der Waals surface area (Å²) in [7, 11) is 4.50. The number of ether oxygens (including phenoxy) is 3. The van der Waals surface area contributed by atoms with Crippen molar-refractivity contribution >= 4 is 17.5 Å². The van der Waals surface area contributed by atoms with E-state index in [1.165, 1.54) is 39.8 Å². The minimum atomic E-state index is -0.401. The average molecular weight is 399 g/mol. The zero-order valence-corrected chi connectivity index (χ0v) is 16.8. The Morgan fingerprint density at radius 1 is 0.897 bits per heavy atom. The Morgan fingerprint density at radius 2 is 1.48 bits per heavy atom. The molecule has 3 rings (SSSR count). The number of rotatable bonds is 7. The Labute approximate surface area is 169 Å². The molecule has 1 heterocycles. The van der Waals surface area contributed by atoms with Crippen LogP contribution in [0.15, 0.2) is 30.6 Å². The van der Waals surface area contributed by atoms with Gasteiger partial charge in [-0.1, -0.05) is 12.8 Å². The van der Waals surface area contributed by atoms with Gasteiger partial charge in [-0.2, -0.15) is 0 Å². The summed E-state index contributed by atoms with van der Waals surface area (Å²) in [6.07, 6.45) is 7.10. The summed E-state index contributed by atoms with van der Waals surface area (Å²) in [5.41, 5.74) is 1.09. The van der Waals surface area contributed by atoms with E-state index in [1.54, 1.807) is 12.1 Å².